The van der Waals surface area contributed by atoms with E-state index in [1.807, 2.05) is 25.1 Å². The highest BCUT2D eigenvalue weighted by Crippen LogP contribution is 2.28. The summed E-state index contributed by atoms with van der Waals surface area (Å²) in [5, 5.41) is 8.06. The monoisotopic (exact) mass is 314 g/mol. The standard InChI is InChI=1S/C12H12BrClN2O/c1-8-4-5-10(13)9(7-8)12-16-15-11(17-12)3-2-6-14/h4-5,7H,2-3,6H2,1H3. The van der Waals surface area contributed by atoms with E-state index in [-0.39, 0.29) is 0 Å². The fourth-order valence-corrected chi connectivity index (χ4v) is 2.03. The van der Waals surface area contributed by atoms with Crippen molar-refractivity contribution in [2.75, 3.05) is 5.88 Å². The van der Waals surface area contributed by atoms with E-state index in [2.05, 4.69) is 26.1 Å². The summed E-state index contributed by atoms with van der Waals surface area (Å²) in [6, 6.07) is 6.02. The molecule has 0 spiro atoms. The number of halogens is 2. The van der Waals surface area contributed by atoms with Crippen molar-refractivity contribution in [2.45, 2.75) is 19.8 Å². The molecule has 1 aromatic heterocycles. The van der Waals surface area contributed by atoms with Crippen molar-refractivity contribution in [1.82, 2.24) is 10.2 Å². The first-order chi connectivity index (χ1) is 8.20. The molecule has 0 saturated heterocycles. The molecule has 0 aliphatic heterocycles. The maximum absolute atomic E-state index is 5.62. The largest absolute Gasteiger partial charge is 0.421 e. The molecule has 2 aromatic rings. The Morgan fingerprint density at radius 1 is 1.35 bits per heavy atom. The highest BCUT2D eigenvalue weighted by Gasteiger charge is 2.11. The number of benzene rings is 1. The van der Waals surface area contributed by atoms with Crippen LogP contribution in [0.25, 0.3) is 11.5 Å². The van der Waals surface area contributed by atoms with Crippen molar-refractivity contribution in [3.63, 3.8) is 0 Å². The Balaban J connectivity index is 2.27. The highest BCUT2D eigenvalue weighted by molar-refractivity contribution is 9.10. The molecule has 0 atom stereocenters. The number of hydrogen-bond acceptors (Lipinski definition) is 3. The summed E-state index contributed by atoms with van der Waals surface area (Å²) in [5.74, 6) is 1.78. The molecule has 0 saturated carbocycles. The van der Waals surface area contributed by atoms with E-state index in [0.29, 0.717) is 17.7 Å². The van der Waals surface area contributed by atoms with Crippen LogP contribution in [0, 0.1) is 6.92 Å². The van der Waals surface area contributed by atoms with Gasteiger partial charge in [0, 0.05) is 16.8 Å². The van der Waals surface area contributed by atoms with Gasteiger partial charge in [0.1, 0.15) is 0 Å². The lowest BCUT2D eigenvalue weighted by atomic mass is 10.1. The van der Waals surface area contributed by atoms with Crippen LogP contribution in [0.5, 0.6) is 0 Å². The molecule has 0 fully saturated rings. The van der Waals surface area contributed by atoms with Gasteiger partial charge in [0.05, 0.1) is 5.56 Å². The van der Waals surface area contributed by atoms with Crippen LogP contribution in [0.1, 0.15) is 17.9 Å². The topological polar surface area (TPSA) is 38.9 Å². The van der Waals surface area contributed by atoms with Gasteiger partial charge < -0.3 is 4.42 Å². The smallest absolute Gasteiger partial charge is 0.248 e. The first kappa shape index (κ1) is 12.6. The molecule has 17 heavy (non-hydrogen) atoms. The summed E-state index contributed by atoms with van der Waals surface area (Å²) in [4.78, 5) is 0. The second kappa shape index (κ2) is 5.65. The molecule has 2 rings (SSSR count). The molecule has 0 amide bonds. The minimum Gasteiger partial charge on any atom is -0.421 e. The molecule has 1 heterocycles. The normalized spacial score (nSPS) is 10.8. The van der Waals surface area contributed by atoms with Gasteiger partial charge in [-0.1, -0.05) is 11.6 Å². The van der Waals surface area contributed by atoms with Crippen LogP contribution in [0.15, 0.2) is 27.1 Å². The summed E-state index contributed by atoms with van der Waals surface area (Å²) >= 11 is 9.10. The Morgan fingerprint density at radius 3 is 2.94 bits per heavy atom. The summed E-state index contributed by atoms with van der Waals surface area (Å²) in [7, 11) is 0. The molecule has 0 aliphatic rings. The molecular weight excluding hydrogens is 304 g/mol. The number of nitrogens with zero attached hydrogens (tertiary/aromatic N) is 2. The summed E-state index contributed by atoms with van der Waals surface area (Å²) < 4.78 is 6.55. The van der Waals surface area contributed by atoms with Gasteiger partial charge in [-0.2, -0.15) is 0 Å². The number of alkyl halides is 1. The fraction of sp³-hybridized carbons (Fsp3) is 0.333. The number of rotatable bonds is 4. The van der Waals surface area contributed by atoms with E-state index in [9.17, 15) is 0 Å². The summed E-state index contributed by atoms with van der Waals surface area (Å²) in [6.45, 7) is 2.03. The Bertz CT molecular complexity index is 513. The van der Waals surface area contributed by atoms with E-state index in [0.717, 1.165) is 28.4 Å². The maximum atomic E-state index is 5.62. The minimum absolute atomic E-state index is 0.546. The molecule has 0 bridgehead atoms. The van der Waals surface area contributed by atoms with Gasteiger partial charge in [-0.25, -0.2) is 0 Å². The maximum Gasteiger partial charge on any atom is 0.248 e. The van der Waals surface area contributed by atoms with E-state index < -0.39 is 0 Å². The second-order valence-electron chi connectivity index (χ2n) is 3.78. The Kier molecular flexibility index (Phi) is 4.18. The van der Waals surface area contributed by atoms with Crippen molar-refractivity contribution in [3.8, 4) is 11.5 Å². The molecule has 3 nitrogen and oxygen atoms in total. The van der Waals surface area contributed by atoms with Gasteiger partial charge >= 0.3 is 0 Å². The third kappa shape index (κ3) is 3.07. The van der Waals surface area contributed by atoms with Crippen LogP contribution in [0.2, 0.25) is 0 Å². The van der Waals surface area contributed by atoms with E-state index in [1.165, 1.54) is 0 Å². The van der Waals surface area contributed by atoms with Gasteiger partial charge in [0.2, 0.25) is 11.8 Å². The van der Waals surface area contributed by atoms with Gasteiger partial charge in [0.15, 0.2) is 0 Å². The molecular formula is C12H12BrClN2O. The molecule has 90 valence electrons. The van der Waals surface area contributed by atoms with Gasteiger partial charge in [-0.3, -0.25) is 0 Å². The Hall–Kier alpha value is -0.870. The fourth-order valence-electron chi connectivity index (χ4n) is 1.48. The third-order valence-electron chi connectivity index (χ3n) is 2.34. The Morgan fingerprint density at radius 2 is 2.18 bits per heavy atom. The van der Waals surface area contributed by atoms with Crippen LogP contribution in [0.4, 0.5) is 0 Å². The predicted octanol–water partition coefficient (Wildman–Crippen LogP) is 3.98. The van der Waals surface area contributed by atoms with Crippen LogP contribution in [-0.4, -0.2) is 16.1 Å². The second-order valence-corrected chi connectivity index (χ2v) is 5.01. The van der Waals surface area contributed by atoms with E-state index in [4.69, 9.17) is 16.0 Å². The molecule has 0 radical (unpaired) electrons. The van der Waals surface area contributed by atoms with E-state index >= 15 is 0 Å². The molecule has 0 aliphatic carbocycles. The lowest BCUT2D eigenvalue weighted by molar-refractivity contribution is 0.502. The Labute approximate surface area is 113 Å². The van der Waals surface area contributed by atoms with Crippen molar-refractivity contribution in [1.29, 1.82) is 0 Å². The summed E-state index contributed by atoms with van der Waals surface area (Å²) in [5.41, 5.74) is 2.08. The zero-order valence-corrected chi connectivity index (χ0v) is 11.8. The molecule has 0 unspecified atom stereocenters. The lowest BCUT2D eigenvalue weighted by Gasteiger charge is -2.00. The van der Waals surface area contributed by atoms with Crippen LogP contribution in [0.3, 0.4) is 0 Å². The van der Waals surface area contributed by atoms with Gasteiger partial charge in [-0.15, -0.1) is 21.8 Å². The van der Waals surface area contributed by atoms with Crippen LogP contribution in [-0.2, 0) is 6.42 Å². The number of aryl methyl sites for hydroxylation is 2. The SMILES string of the molecule is Cc1ccc(Br)c(-c2nnc(CCCCl)o2)c1. The zero-order chi connectivity index (χ0) is 12.3. The lowest BCUT2D eigenvalue weighted by Crippen LogP contribution is -1.85. The van der Waals surface area contributed by atoms with E-state index in [1.54, 1.807) is 0 Å². The average Bonchev–Trinajstić information content (AvgIpc) is 2.78. The van der Waals surface area contributed by atoms with Crippen molar-refractivity contribution >= 4 is 27.5 Å². The summed E-state index contributed by atoms with van der Waals surface area (Å²) in [6.07, 6.45) is 1.57. The molecule has 0 N–H and O–H groups in total. The predicted molar refractivity (Wildman–Crippen MR) is 71.2 cm³/mol. The number of hydrogen-bond donors (Lipinski definition) is 0. The van der Waals surface area contributed by atoms with Crippen molar-refractivity contribution in [3.05, 3.63) is 34.1 Å². The third-order valence-corrected chi connectivity index (χ3v) is 3.30. The zero-order valence-electron chi connectivity index (χ0n) is 9.41. The van der Waals surface area contributed by atoms with Crippen LogP contribution >= 0.6 is 27.5 Å². The van der Waals surface area contributed by atoms with Gasteiger partial charge in [-0.05, 0) is 41.4 Å². The first-order valence-corrected chi connectivity index (χ1v) is 6.68. The minimum atomic E-state index is 0.546. The van der Waals surface area contributed by atoms with Crippen molar-refractivity contribution < 1.29 is 4.42 Å². The van der Waals surface area contributed by atoms with Crippen molar-refractivity contribution in [2.24, 2.45) is 0 Å². The molecule has 1 aromatic carbocycles. The number of aromatic nitrogens is 2. The average molecular weight is 316 g/mol. The quantitative estimate of drug-likeness (QED) is 0.801. The van der Waals surface area contributed by atoms with Gasteiger partial charge in [0.25, 0.3) is 0 Å². The first-order valence-electron chi connectivity index (χ1n) is 5.35. The highest BCUT2D eigenvalue weighted by atomic mass is 79.9. The van der Waals surface area contributed by atoms with Crippen LogP contribution < -0.4 is 0 Å². The molecule has 5 heteroatoms.